The number of rotatable bonds is 1. The molecular formula is C9H6O3. The Kier molecular flexibility index (Phi) is 1.37. The molecule has 3 nitrogen and oxygen atoms in total. The van der Waals surface area contributed by atoms with E-state index in [4.69, 9.17) is 9.52 Å². The fourth-order valence-corrected chi connectivity index (χ4v) is 1.10. The highest BCUT2D eigenvalue weighted by Gasteiger charge is 2.02. The lowest BCUT2D eigenvalue weighted by Gasteiger charge is -1.88. The van der Waals surface area contributed by atoms with Crippen LogP contribution >= 0.6 is 0 Å². The smallest absolute Gasteiger partial charge is 0.185 e. The van der Waals surface area contributed by atoms with Gasteiger partial charge in [0.2, 0.25) is 0 Å². The summed E-state index contributed by atoms with van der Waals surface area (Å²) in [4.78, 5) is 10.3. The van der Waals surface area contributed by atoms with Crippen molar-refractivity contribution in [1.82, 2.24) is 0 Å². The van der Waals surface area contributed by atoms with Crippen LogP contribution in [-0.4, -0.2) is 11.4 Å². The van der Waals surface area contributed by atoms with Crippen LogP contribution < -0.4 is 0 Å². The summed E-state index contributed by atoms with van der Waals surface area (Å²) in [5.74, 6) is 0.407. The van der Waals surface area contributed by atoms with Gasteiger partial charge >= 0.3 is 0 Å². The van der Waals surface area contributed by atoms with E-state index >= 15 is 0 Å². The minimum atomic E-state index is 0.134. The topological polar surface area (TPSA) is 50.4 Å². The van der Waals surface area contributed by atoms with Crippen molar-refractivity contribution in [2.24, 2.45) is 0 Å². The lowest BCUT2D eigenvalue weighted by molar-refractivity contribution is 0.110. The van der Waals surface area contributed by atoms with Gasteiger partial charge in [0.1, 0.15) is 11.3 Å². The third-order valence-corrected chi connectivity index (χ3v) is 1.64. The number of hydrogen-bond donors (Lipinski definition) is 1. The Bertz CT molecular complexity index is 428. The first-order valence-corrected chi connectivity index (χ1v) is 3.47. The third kappa shape index (κ3) is 0.955. The van der Waals surface area contributed by atoms with Gasteiger partial charge in [-0.25, -0.2) is 0 Å². The molecule has 0 fully saturated rings. The summed E-state index contributed by atoms with van der Waals surface area (Å²) in [6, 6.07) is 6.34. The van der Waals surface area contributed by atoms with Gasteiger partial charge < -0.3 is 9.52 Å². The number of fused-ring (bicyclic) bond motifs is 1. The van der Waals surface area contributed by atoms with Gasteiger partial charge in [0, 0.05) is 11.5 Å². The summed E-state index contributed by atoms with van der Waals surface area (Å²) >= 11 is 0. The van der Waals surface area contributed by atoms with Gasteiger partial charge in [0.15, 0.2) is 12.0 Å². The molecule has 1 N–H and O–H groups in total. The van der Waals surface area contributed by atoms with Crippen LogP contribution in [0.5, 0.6) is 5.75 Å². The van der Waals surface area contributed by atoms with Crippen LogP contribution in [0.15, 0.2) is 28.7 Å². The van der Waals surface area contributed by atoms with Crippen molar-refractivity contribution < 1.29 is 14.3 Å². The molecule has 1 aromatic heterocycles. The summed E-state index contributed by atoms with van der Waals surface area (Å²) < 4.78 is 5.07. The molecule has 1 heterocycles. The molecule has 0 aliphatic rings. The monoisotopic (exact) mass is 162 g/mol. The van der Waals surface area contributed by atoms with Crippen LogP contribution in [0.3, 0.4) is 0 Å². The predicted molar refractivity (Wildman–Crippen MR) is 43.3 cm³/mol. The highest BCUT2D eigenvalue weighted by molar-refractivity contribution is 5.85. The summed E-state index contributed by atoms with van der Waals surface area (Å²) in [5.41, 5.74) is 0.525. The number of hydrogen-bond acceptors (Lipinski definition) is 3. The number of aldehydes is 1. The molecule has 0 atom stereocenters. The zero-order chi connectivity index (χ0) is 8.55. The van der Waals surface area contributed by atoms with E-state index in [1.54, 1.807) is 18.2 Å². The van der Waals surface area contributed by atoms with E-state index < -0.39 is 0 Å². The molecule has 0 spiro atoms. The van der Waals surface area contributed by atoms with E-state index in [0.717, 1.165) is 5.39 Å². The minimum absolute atomic E-state index is 0.134. The lowest BCUT2D eigenvalue weighted by atomic mass is 10.2. The van der Waals surface area contributed by atoms with Crippen molar-refractivity contribution >= 4 is 17.3 Å². The van der Waals surface area contributed by atoms with Gasteiger partial charge in [-0.3, -0.25) is 4.79 Å². The molecule has 0 aliphatic carbocycles. The van der Waals surface area contributed by atoms with E-state index in [-0.39, 0.29) is 11.5 Å². The second kappa shape index (κ2) is 2.37. The Hall–Kier alpha value is -1.77. The zero-order valence-electron chi connectivity index (χ0n) is 6.15. The maximum atomic E-state index is 10.3. The number of phenols is 1. The Balaban J connectivity index is 2.75. The fourth-order valence-electron chi connectivity index (χ4n) is 1.10. The quantitative estimate of drug-likeness (QED) is 0.652. The predicted octanol–water partition coefficient (Wildman–Crippen LogP) is 1.95. The van der Waals surface area contributed by atoms with Crippen molar-refractivity contribution in [3.05, 3.63) is 30.0 Å². The van der Waals surface area contributed by atoms with Gasteiger partial charge in [0.25, 0.3) is 0 Å². The summed E-state index contributed by atoms with van der Waals surface area (Å²) in [6.45, 7) is 0. The maximum absolute atomic E-state index is 10.3. The molecule has 0 bridgehead atoms. The molecule has 0 unspecified atom stereocenters. The number of aromatic hydroxyl groups is 1. The molecule has 0 aliphatic heterocycles. The van der Waals surface area contributed by atoms with Crippen molar-refractivity contribution in [1.29, 1.82) is 0 Å². The molecule has 0 amide bonds. The standard InChI is InChI=1S/C9H6O3/c10-5-8-3-6-1-2-7(11)4-9(6)12-8/h1-5,11H. The van der Waals surface area contributed by atoms with Crippen LogP contribution in [0, 0.1) is 0 Å². The number of carbonyl (C=O) groups is 1. The second-order valence-corrected chi connectivity index (χ2v) is 2.49. The molecule has 2 rings (SSSR count). The summed E-state index contributed by atoms with van der Waals surface area (Å²) in [6.07, 6.45) is 0.636. The molecular weight excluding hydrogens is 156 g/mol. The van der Waals surface area contributed by atoms with Crippen LogP contribution in [0.4, 0.5) is 0 Å². The molecule has 1 aromatic carbocycles. The number of phenolic OH excluding ortho intramolecular Hbond substituents is 1. The fraction of sp³-hybridized carbons (Fsp3) is 0. The van der Waals surface area contributed by atoms with Crippen LogP contribution in [-0.2, 0) is 0 Å². The minimum Gasteiger partial charge on any atom is -0.508 e. The second-order valence-electron chi connectivity index (χ2n) is 2.49. The van der Waals surface area contributed by atoms with Crippen molar-refractivity contribution in [3.63, 3.8) is 0 Å². The molecule has 60 valence electrons. The molecule has 0 radical (unpaired) electrons. The SMILES string of the molecule is O=Cc1cc2ccc(O)cc2o1. The Morgan fingerprint density at radius 3 is 2.92 bits per heavy atom. The normalized spacial score (nSPS) is 10.3. The average molecular weight is 162 g/mol. The Labute approximate surface area is 68.2 Å². The highest BCUT2D eigenvalue weighted by Crippen LogP contribution is 2.22. The van der Waals surface area contributed by atoms with Gasteiger partial charge in [0.05, 0.1) is 0 Å². The highest BCUT2D eigenvalue weighted by atomic mass is 16.3. The molecule has 12 heavy (non-hydrogen) atoms. The molecule has 0 saturated carbocycles. The summed E-state index contributed by atoms with van der Waals surface area (Å²) in [7, 11) is 0. The third-order valence-electron chi connectivity index (χ3n) is 1.64. The van der Waals surface area contributed by atoms with Crippen LogP contribution in [0.25, 0.3) is 11.0 Å². The number of furan rings is 1. The zero-order valence-corrected chi connectivity index (χ0v) is 6.15. The van der Waals surface area contributed by atoms with Crippen LogP contribution in [0.2, 0.25) is 0 Å². The van der Waals surface area contributed by atoms with Gasteiger partial charge in [-0.05, 0) is 18.2 Å². The first-order valence-electron chi connectivity index (χ1n) is 3.47. The van der Waals surface area contributed by atoms with E-state index in [1.165, 1.54) is 6.07 Å². The van der Waals surface area contributed by atoms with E-state index in [2.05, 4.69) is 0 Å². The van der Waals surface area contributed by atoms with Crippen LogP contribution in [0.1, 0.15) is 10.6 Å². The largest absolute Gasteiger partial charge is 0.508 e. The maximum Gasteiger partial charge on any atom is 0.185 e. The van der Waals surface area contributed by atoms with E-state index in [1.807, 2.05) is 0 Å². The molecule has 0 saturated heterocycles. The van der Waals surface area contributed by atoms with Crippen molar-refractivity contribution in [2.45, 2.75) is 0 Å². The van der Waals surface area contributed by atoms with Gasteiger partial charge in [-0.15, -0.1) is 0 Å². The number of carbonyl (C=O) groups excluding carboxylic acids is 1. The van der Waals surface area contributed by atoms with Gasteiger partial charge in [-0.1, -0.05) is 0 Å². The van der Waals surface area contributed by atoms with Crippen molar-refractivity contribution in [3.8, 4) is 5.75 Å². The van der Waals surface area contributed by atoms with E-state index in [9.17, 15) is 4.79 Å². The van der Waals surface area contributed by atoms with E-state index in [0.29, 0.717) is 11.9 Å². The summed E-state index contributed by atoms with van der Waals surface area (Å²) in [5, 5.41) is 9.88. The number of benzene rings is 1. The average Bonchev–Trinajstić information content (AvgIpc) is 2.46. The van der Waals surface area contributed by atoms with Gasteiger partial charge in [-0.2, -0.15) is 0 Å². The Morgan fingerprint density at radius 1 is 1.33 bits per heavy atom. The first kappa shape index (κ1) is 6.91. The Morgan fingerprint density at radius 2 is 2.17 bits per heavy atom. The molecule has 2 aromatic rings. The first-order chi connectivity index (χ1) is 5.79. The van der Waals surface area contributed by atoms with Crippen molar-refractivity contribution in [2.75, 3.05) is 0 Å². The lowest BCUT2D eigenvalue weighted by Crippen LogP contribution is -1.65. The molecule has 3 heteroatoms.